The highest BCUT2D eigenvalue weighted by atomic mass is 127. The van der Waals surface area contributed by atoms with Gasteiger partial charge in [0.2, 0.25) is 0 Å². The van der Waals surface area contributed by atoms with Crippen molar-refractivity contribution in [2.24, 2.45) is 0 Å². The first kappa shape index (κ1) is 15.2. The normalized spacial score (nSPS) is 23.1. The molecule has 0 radical (unpaired) electrons. The minimum atomic E-state index is 0.0832. The highest BCUT2D eigenvalue weighted by Crippen LogP contribution is 2.27. The Kier molecular flexibility index (Phi) is 5.57. The van der Waals surface area contributed by atoms with E-state index >= 15 is 0 Å². The van der Waals surface area contributed by atoms with Crippen LogP contribution in [0.15, 0.2) is 18.2 Å². The fourth-order valence-corrected chi connectivity index (χ4v) is 4.01. The maximum absolute atomic E-state index is 12.4. The van der Waals surface area contributed by atoms with Gasteiger partial charge in [-0.15, -0.1) is 0 Å². The molecule has 0 bridgehead atoms. The summed E-state index contributed by atoms with van der Waals surface area (Å²) >= 11 is 4.19. The number of amides is 1. The third-order valence-corrected chi connectivity index (χ3v) is 6.26. The Morgan fingerprint density at radius 3 is 2.95 bits per heavy atom. The van der Waals surface area contributed by atoms with Crippen molar-refractivity contribution < 1.29 is 4.79 Å². The molecule has 2 rings (SSSR count). The summed E-state index contributed by atoms with van der Waals surface area (Å²) < 4.78 is 1.06. The maximum Gasteiger partial charge on any atom is 0.252 e. The zero-order chi connectivity index (χ0) is 13.8. The third kappa shape index (κ3) is 3.88. The summed E-state index contributed by atoms with van der Waals surface area (Å²) in [6.07, 6.45) is 6.90. The number of aryl methyl sites for hydroxylation is 1. The van der Waals surface area contributed by atoms with Gasteiger partial charge in [0.1, 0.15) is 0 Å². The van der Waals surface area contributed by atoms with Crippen LogP contribution in [0.25, 0.3) is 0 Å². The lowest BCUT2D eigenvalue weighted by Crippen LogP contribution is -2.39. The van der Waals surface area contributed by atoms with Gasteiger partial charge in [-0.3, -0.25) is 4.79 Å². The van der Waals surface area contributed by atoms with Crippen LogP contribution in [0.3, 0.4) is 0 Å². The van der Waals surface area contributed by atoms with Crippen LogP contribution < -0.4 is 5.32 Å². The molecule has 1 aliphatic rings. The lowest BCUT2D eigenvalue weighted by Gasteiger charge is -2.28. The lowest BCUT2D eigenvalue weighted by atomic mass is 9.94. The van der Waals surface area contributed by atoms with Crippen LogP contribution in [0.5, 0.6) is 0 Å². The number of thioether (sulfide) groups is 1. The second-order valence-corrected chi connectivity index (χ2v) is 7.35. The van der Waals surface area contributed by atoms with Gasteiger partial charge in [0.05, 0.1) is 5.56 Å². The number of carbonyl (C=O) groups is 1. The summed E-state index contributed by atoms with van der Waals surface area (Å²) in [5.41, 5.74) is 1.98. The number of hydrogen-bond donors (Lipinski definition) is 1. The number of rotatable bonds is 3. The summed E-state index contributed by atoms with van der Waals surface area (Å²) in [4.78, 5) is 12.4. The molecule has 2 unspecified atom stereocenters. The van der Waals surface area contributed by atoms with Crippen LogP contribution in [0.1, 0.15) is 41.6 Å². The topological polar surface area (TPSA) is 29.1 Å². The molecule has 0 aromatic heterocycles. The smallest absolute Gasteiger partial charge is 0.252 e. The van der Waals surface area contributed by atoms with E-state index < -0.39 is 0 Å². The van der Waals surface area contributed by atoms with Crippen LogP contribution in [0, 0.1) is 10.5 Å². The summed E-state index contributed by atoms with van der Waals surface area (Å²) in [7, 11) is 0. The molecule has 0 spiro atoms. The van der Waals surface area contributed by atoms with Crippen molar-refractivity contribution in [3.05, 3.63) is 32.9 Å². The van der Waals surface area contributed by atoms with Crippen LogP contribution in [-0.4, -0.2) is 23.5 Å². The molecule has 2 nitrogen and oxygen atoms in total. The molecule has 1 amide bonds. The largest absolute Gasteiger partial charge is 0.349 e. The number of hydrogen-bond acceptors (Lipinski definition) is 2. The van der Waals surface area contributed by atoms with E-state index in [-0.39, 0.29) is 5.91 Å². The Labute approximate surface area is 133 Å². The number of halogens is 1. The Bertz CT molecular complexity index is 463. The summed E-state index contributed by atoms with van der Waals surface area (Å²) in [5.74, 6) is 0.0832. The van der Waals surface area contributed by atoms with E-state index in [0.717, 1.165) is 22.0 Å². The van der Waals surface area contributed by atoms with Gasteiger partial charge in [-0.1, -0.05) is 18.6 Å². The SMILES string of the molecule is CSC1CCCC(NC(=O)c2cccc(C)c2I)C1. The maximum atomic E-state index is 12.4. The molecule has 1 aliphatic carbocycles. The predicted octanol–water partition coefficient (Wildman–Crippen LogP) is 4.00. The molecule has 4 heteroatoms. The highest BCUT2D eigenvalue weighted by molar-refractivity contribution is 14.1. The molecule has 0 saturated heterocycles. The van der Waals surface area contributed by atoms with Crippen molar-refractivity contribution >= 4 is 40.3 Å². The first-order valence-electron chi connectivity index (χ1n) is 6.70. The molecule has 0 heterocycles. The second kappa shape index (κ2) is 6.97. The van der Waals surface area contributed by atoms with Gasteiger partial charge in [-0.25, -0.2) is 0 Å². The average molecular weight is 389 g/mol. The van der Waals surface area contributed by atoms with Crippen molar-refractivity contribution in [1.82, 2.24) is 5.32 Å². The van der Waals surface area contributed by atoms with Crippen LogP contribution >= 0.6 is 34.4 Å². The fourth-order valence-electron chi connectivity index (χ4n) is 2.58. The van der Waals surface area contributed by atoms with Gasteiger partial charge in [-0.2, -0.15) is 11.8 Å². The van der Waals surface area contributed by atoms with E-state index in [2.05, 4.69) is 34.2 Å². The van der Waals surface area contributed by atoms with E-state index in [1.54, 1.807) is 0 Å². The summed E-state index contributed by atoms with van der Waals surface area (Å²) in [6.45, 7) is 2.04. The Hall–Kier alpha value is -0.230. The van der Waals surface area contributed by atoms with Gasteiger partial charge in [-0.05, 0) is 66.7 Å². The molecule has 2 atom stereocenters. The Balaban J connectivity index is 2.02. The molecular weight excluding hydrogens is 369 g/mol. The summed E-state index contributed by atoms with van der Waals surface area (Å²) in [6, 6.07) is 6.26. The van der Waals surface area contributed by atoms with E-state index in [0.29, 0.717) is 11.3 Å². The van der Waals surface area contributed by atoms with E-state index in [1.807, 2.05) is 36.9 Å². The minimum Gasteiger partial charge on any atom is -0.349 e. The van der Waals surface area contributed by atoms with Crippen molar-refractivity contribution in [2.45, 2.75) is 43.9 Å². The molecule has 1 aromatic rings. The van der Waals surface area contributed by atoms with Gasteiger partial charge in [0.15, 0.2) is 0 Å². The molecule has 1 aromatic carbocycles. The van der Waals surface area contributed by atoms with Crippen LogP contribution in [-0.2, 0) is 0 Å². The van der Waals surface area contributed by atoms with E-state index in [9.17, 15) is 4.79 Å². The zero-order valence-electron chi connectivity index (χ0n) is 11.4. The lowest BCUT2D eigenvalue weighted by molar-refractivity contribution is 0.0927. The number of nitrogens with one attached hydrogen (secondary N) is 1. The predicted molar refractivity (Wildman–Crippen MR) is 90.9 cm³/mol. The minimum absolute atomic E-state index is 0.0832. The first-order valence-corrected chi connectivity index (χ1v) is 9.07. The Morgan fingerprint density at radius 1 is 1.42 bits per heavy atom. The molecule has 1 N–H and O–H groups in total. The molecule has 1 fully saturated rings. The fraction of sp³-hybridized carbons (Fsp3) is 0.533. The van der Waals surface area contributed by atoms with Crippen LogP contribution in [0.2, 0.25) is 0 Å². The number of benzene rings is 1. The monoisotopic (exact) mass is 389 g/mol. The molecule has 19 heavy (non-hydrogen) atoms. The summed E-state index contributed by atoms with van der Waals surface area (Å²) in [5, 5.41) is 3.91. The molecule has 1 saturated carbocycles. The average Bonchev–Trinajstić information content (AvgIpc) is 2.42. The van der Waals surface area contributed by atoms with Gasteiger partial charge >= 0.3 is 0 Å². The van der Waals surface area contributed by atoms with E-state index in [4.69, 9.17) is 0 Å². The Morgan fingerprint density at radius 2 is 2.21 bits per heavy atom. The highest BCUT2D eigenvalue weighted by Gasteiger charge is 2.23. The van der Waals surface area contributed by atoms with E-state index in [1.165, 1.54) is 18.4 Å². The second-order valence-electron chi connectivity index (χ2n) is 5.13. The third-order valence-electron chi connectivity index (χ3n) is 3.73. The van der Waals surface area contributed by atoms with Gasteiger partial charge in [0, 0.05) is 14.9 Å². The first-order chi connectivity index (χ1) is 9.11. The van der Waals surface area contributed by atoms with Crippen molar-refractivity contribution in [1.29, 1.82) is 0 Å². The molecular formula is C15H20INOS. The van der Waals surface area contributed by atoms with Crippen LogP contribution in [0.4, 0.5) is 0 Å². The zero-order valence-corrected chi connectivity index (χ0v) is 14.4. The molecule has 0 aliphatic heterocycles. The van der Waals surface area contributed by atoms with Crippen molar-refractivity contribution in [3.8, 4) is 0 Å². The quantitative estimate of drug-likeness (QED) is 0.792. The van der Waals surface area contributed by atoms with Crippen molar-refractivity contribution in [2.75, 3.05) is 6.26 Å². The molecule has 104 valence electrons. The van der Waals surface area contributed by atoms with Crippen molar-refractivity contribution in [3.63, 3.8) is 0 Å². The van der Waals surface area contributed by atoms with Gasteiger partial charge in [0.25, 0.3) is 5.91 Å². The van der Waals surface area contributed by atoms with Gasteiger partial charge < -0.3 is 5.32 Å². The standard InChI is InChI=1S/C15H20INOS/c1-10-5-3-8-13(14(10)16)15(18)17-11-6-4-7-12(9-11)19-2/h3,5,8,11-12H,4,6-7,9H2,1-2H3,(H,17,18). The number of carbonyl (C=O) groups excluding carboxylic acids is 1.